The molecule has 7 fully saturated rings. The van der Waals surface area contributed by atoms with E-state index >= 15 is 0 Å². The topological polar surface area (TPSA) is 236 Å². The van der Waals surface area contributed by atoms with Crippen LogP contribution in [0.5, 0.6) is 0 Å². The summed E-state index contributed by atoms with van der Waals surface area (Å²) in [5.74, 6) is 1.20. The summed E-state index contributed by atoms with van der Waals surface area (Å²) in [4.78, 5) is 72.7. The Morgan fingerprint density at radius 1 is 0.787 bits per heavy atom. The van der Waals surface area contributed by atoms with E-state index in [0.717, 1.165) is 78.5 Å². The van der Waals surface area contributed by atoms with Crippen molar-refractivity contribution < 1.29 is 90.1 Å². The van der Waals surface area contributed by atoms with Crippen LogP contribution in [-0.2, 0) is 85.7 Å². The molecule has 0 radical (unpaired) electrons. The summed E-state index contributed by atoms with van der Waals surface area (Å²) in [6.45, 7) is 20.5. The number of hydrogen-bond donors (Lipinski definition) is 2. The molecule has 4 saturated heterocycles. The van der Waals surface area contributed by atoms with Crippen LogP contribution >= 0.6 is 12.6 Å². The number of methoxy groups -OCH3 is 7. The van der Waals surface area contributed by atoms with E-state index in [9.17, 15) is 38.0 Å². The average Bonchev–Trinajstić information content (AvgIpc) is 4.09. The molecule has 1 N–H and O–H groups in total. The second-order valence-electron chi connectivity index (χ2n) is 21.1. The van der Waals surface area contributed by atoms with Gasteiger partial charge >= 0.3 is 29.8 Å². The van der Waals surface area contributed by atoms with E-state index in [-0.39, 0.29) is 47.2 Å². The summed E-state index contributed by atoms with van der Waals surface area (Å²) in [6.07, 6.45) is 28.7. The van der Waals surface area contributed by atoms with Crippen LogP contribution in [0.15, 0.2) is 61.0 Å². The molecule has 0 aromatic heterocycles. The Balaban J connectivity index is 0.000000452. The molecule has 5 heterocycles. The van der Waals surface area contributed by atoms with E-state index in [4.69, 9.17) is 42.6 Å². The van der Waals surface area contributed by atoms with Crippen LogP contribution in [-0.4, -0.2) is 162 Å². The molecule has 10 rings (SSSR count). The number of fused-ring (bicyclic) bond motifs is 5. The van der Waals surface area contributed by atoms with Gasteiger partial charge in [0.2, 0.25) is 5.83 Å². The molecule has 0 spiro atoms. The molecule has 2 amide bonds. The van der Waals surface area contributed by atoms with Crippen molar-refractivity contribution in [3.05, 3.63) is 61.0 Å². The van der Waals surface area contributed by atoms with Crippen molar-refractivity contribution in [1.82, 2.24) is 5.32 Å². The fourth-order valence-electron chi connectivity index (χ4n) is 9.87. The number of amides is 2. The molecule has 0 aromatic rings. The zero-order valence-electron chi connectivity index (χ0n) is 49.1. The lowest BCUT2D eigenvalue weighted by Gasteiger charge is -2.39. The highest BCUT2D eigenvalue weighted by molar-refractivity contribution is 7.79. The van der Waals surface area contributed by atoms with Gasteiger partial charge in [0.05, 0.1) is 91.6 Å². The van der Waals surface area contributed by atoms with E-state index in [1.807, 2.05) is 19.2 Å². The molecule has 3 saturated carbocycles. The fraction of sp³-hybridized carbons (Fsp3) is 0.678. The molecule has 21 heteroatoms. The van der Waals surface area contributed by atoms with Crippen molar-refractivity contribution in [2.24, 2.45) is 51.8 Å². The number of terminal acetylenes is 1. The van der Waals surface area contributed by atoms with Crippen LogP contribution in [0.25, 0.3) is 0 Å². The first-order chi connectivity index (χ1) is 37.9. The Kier molecular flexibility index (Phi) is 34.3. The molecule has 5 aliphatic heterocycles. The molecule has 19 nitrogen and oxygen atoms in total. The molecular weight excluding hydrogens is 1060 g/mol. The van der Waals surface area contributed by atoms with Gasteiger partial charge in [0.25, 0.3) is 11.8 Å². The molecule has 80 heavy (non-hydrogen) atoms. The van der Waals surface area contributed by atoms with Crippen molar-refractivity contribution in [2.45, 2.75) is 104 Å². The van der Waals surface area contributed by atoms with Gasteiger partial charge < -0.3 is 52.1 Å². The van der Waals surface area contributed by atoms with Crippen LogP contribution in [0.2, 0.25) is 0 Å². The number of allylic oxidation sites excluding steroid dienone is 4. The predicted molar refractivity (Wildman–Crippen MR) is 300 cm³/mol. The van der Waals surface area contributed by atoms with Crippen molar-refractivity contribution >= 4 is 54.3 Å². The normalized spacial score (nSPS) is 28.2. The van der Waals surface area contributed by atoms with Gasteiger partial charge in [-0.05, 0) is 101 Å². The maximum atomic E-state index is 11.5. The highest BCUT2D eigenvalue weighted by Gasteiger charge is 2.51. The molecule has 452 valence electrons. The quantitative estimate of drug-likeness (QED) is 0.0255. The summed E-state index contributed by atoms with van der Waals surface area (Å²) in [7, 11) is 10.5. The number of epoxide rings is 1. The van der Waals surface area contributed by atoms with Gasteiger partial charge in [-0.2, -0.15) is 17.0 Å². The summed E-state index contributed by atoms with van der Waals surface area (Å²) >= 11 is 3.53. The SMILES string of the molecule is C#CC(=O)OC.C=C(F)C(=O)OC.C=C1CC(C)OC1=O.CCC1(COC)COC1.COC(=O)C1(C)CC2C=CC1C2.COC(=O)C1CC2C=CC1C2.COCC1(C)COC1.COCC1CCC2OC2C1.CS.O=C1C=CC(=O)N1. The first-order valence-electron chi connectivity index (χ1n) is 26.6. The average molecular weight is 1150 g/mol. The molecule has 4 bridgehead atoms. The van der Waals surface area contributed by atoms with Gasteiger partial charge in [-0.3, -0.25) is 24.5 Å². The number of ether oxygens (including phenoxy) is 11. The van der Waals surface area contributed by atoms with Crippen molar-refractivity contribution in [3.63, 3.8) is 0 Å². The van der Waals surface area contributed by atoms with E-state index in [2.05, 4.69) is 79.8 Å². The number of carbonyl (C=O) groups excluding carboxylic acids is 7. The monoisotopic (exact) mass is 1150 g/mol. The maximum Gasteiger partial charge on any atom is 0.383 e. The lowest BCUT2D eigenvalue weighted by atomic mass is 9.78. The number of imide groups is 1. The highest BCUT2D eigenvalue weighted by atomic mass is 32.1. The maximum absolute atomic E-state index is 11.5. The van der Waals surface area contributed by atoms with Gasteiger partial charge in [-0.25, -0.2) is 14.4 Å². The Morgan fingerprint density at radius 2 is 1.40 bits per heavy atom. The minimum Gasteiger partial charge on any atom is -0.469 e. The molecule has 10 atom stereocenters. The lowest BCUT2D eigenvalue weighted by molar-refractivity contribution is -0.153. The molecule has 10 unspecified atom stereocenters. The third-order valence-corrected chi connectivity index (χ3v) is 14.5. The van der Waals surface area contributed by atoms with Crippen LogP contribution in [0, 0.1) is 64.1 Å². The minimum atomic E-state index is -1.07. The van der Waals surface area contributed by atoms with Crippen molar-refractivity contribution in [1.29, 1.82) is 0 Å². The Labute approximate surface area is 479 Å². The number of hydrogen-bond acceptors (Lipinski definition) is 19. The van der Waals surface area contributed by atoms with E-state index in [1.54, 1.807) is 33.5 Å². The number of esters is 5. The second kappa shape index (κ2) is 37.7. The zero-order chi connectivity index (χ0) is 60.6. The van der Waals surface area contributed by atoms with E-state index in [1.165, 1.54) is 65.6 Å². The van der Waals surface area contributed by atoms with Gasteiger partial charge in [0.1, 0.15) is 6.10 Å². The Bertz CT molecular complexity index is 2110. The summed E-state index contributed by atoms with van der Waals surface area (Å²) in [5.41, 5.74) is 1.06. The highest BCUT2D eigenvalue weighted by Crippen LogP contribution is 2.52. The molecule has 5 aliphatic carbocycles. The summed E-state index contributed by atoms with van der Waals surface area (Å²) < 4.78 is 64.2. The van der Waals surface area contributed by atoms with Crippen LogP contribution < -0.4 is 5.32 Å². The van der Waals surface area contributed by atoms with E-state index < -0.39 is 17.8 Å². The van der Waals surface area contributed by atoms with Crippen LogP contribution in [0.3, 0.4) is 0 Å². The van der Waals surface area contributed by atoms with Gasteiger partial charge in [0.15, 0.2) is 0 Å². The standard InChI is InChI=1S/C10H14O2.C9H12O2.C8H14O2.C7H14O2.C6H12O2.C6H8O2.C4H5FO2.C4H3NO2.C4H4O2.CH4S/c1-10(9(11)12-2)6-7-3-4-8(10)5-7;1-11-9(10)8-5-6-2-3-7(8)4-6;1-9-5-6-2-3-7-8(4-6)10-7;1-3-7(4-8-2)5-9-6-7;1-6(3-7-2)4-8-5-6;1-4-3-5(2)8-6(4)7;1-3(5)4(6)7-2;6-3-1-2-4(7)5-3;1-3-4(5)6-2;1-2/h3-4,7-8H,5-6H2,1-2H3;2-3,6-8H,4-5H2,1H3;6-8H,2-5H2,1H3;3-6H2,1-2H3;3-5H2,1-2H3;5H,1,3H2,2H3;1H2,2H3;1-2H,(H,5,6,7);1H,2H3;2H,1H3. The second-order valence-corrected chi connectivity index (χ2v) is 21.1. The van der Waals surface area contributed by atoms with Gasteiger partial charge in [-0.15, -0.1) is 6.42 Å². The van der Waals surface area contributed by atoms with Crippen LogP contribution in [0.4, 0.5) is 4.39 Å². The number of halogens is 1. The smallest absolute Gasteiger partial charge is 0.383 e. The number of thiol groups is 1. The van der Waals surface area contributed by atoms with Gasteiger partial charge in [0, 0.05) is 68.8 Å². The van der Waals surface area contributed by atoms with Crippen LogP contribution in [0.1, 0.15) is 85.5 Å². The van der Waals surface area contributed by atoms with Crippen molar-refractivity contribution in [2.75, 3.05) is 102 Å². The van der Waals surface area contributed by atoms with Gasteiger partial charge in [-0.1, -0.05) is 51.3 Å². The fourth-order valence-corrected chi connectivity index (χ4v) is 9.87. The molecular formula is C59H90FNO18S. The first-order valence-corrected chi connectivity index (χ1v) is 27.5. The minimum absolute atomic E-state index is 0.0261. The third kappa shape index (κ3) is 25.3. The largest absolute Gasteiger partial charge is 0.469 e. The lowest BCUT2D eigenvalue weighted by Crippen LogP contribution is -2.45. The number of cyclic esters (lactones) is 1. The summed E-state index contributed by atoms with van der Waals surface area (Å²) in [5, 5.41) is 2.03. The first kappa shape index (κ1) is 72.8. The predicted octanol–water partition coefficient (Wildman–Crippen LogP) is 7.12. The molecule has 0 aromatic carbocycles. The Hall–Kier alpha value is -5.21. The number of nitrogens with one attached hydrogen (secondary N) is 1. The summed E-state index contributed by atoms with van der Waals surface area (Å²) in [6, 6.07) is 0. The Morgan fingerprint density at radius 3 is 1.66 bits per heavy atom. The third-order valence-electron chi connectivity index (χ3n) is 14.5. The number of rotatable bonds is 10. The molecule has 10 aliphatic rings. The van der Waals surface area contributed by atoms with E-state index in [0.29, 0.717) is 58.7 Å². The number of carbonyl (C=O) groups is 7. The van der Waals surface area contributed by atoms with Crippen molar-refractivity contribution in [3.8, 4) is 12.3 Å². The zero-order valence-corrected chi connectivity index (χ0v) is 50.0.